The van der Waals surface area contributed by atoms with Crippen molar-refractivity contribution in [2.45, 2.75) is 26.7 Å². The molecule has 3 aromatic carbocycles. The topological polar surface area (TPSA) is 111 Å². The van der Waals surface area contributed by atoms with E-state index in [2.05, 4.69) is 22.3 Å². The lowest BCUT2D eigenvalue weighted by Crippen LogP contribution is -2.39. The largest absolute Gasteiger partial charge is 0.481 e. The number of allylic oxidation sites excluding steroid dienone is 1. The van der Waals surface area contributed by atoms with Crippen molar-refractivity contribution in [3.63, 3.8) is 0 Å². The van der Waals surface area contributed by atoms with Gasteiger partial charge in [-0.15, -0.1) is 11.3 Å². The fourth-order valence-electron chi connectivity index (χ4n) is 4.78. The molecule has 218 valence electrons. The number of nitrogens with zero attached hydrogens (tertiary/aromatic N) is 2. The highest BCUT2D eigenvalue weighted by Gasteiger charge is 2.17. The van der Waals surface area contributed by atoms with E-state index in [-0.39, 0.29) is 24.2 Å². The standard InChI is InChI=1S/C32H33ClN4O4S/c1-4-24(22-11-10-21(33)19-26(22)34-3)35-15-17-37(28(38)13-14-29(39)40)18-16-36-25-12-9-20(2)32-30(25)31(41)23-7-5-6-8-27(23)42-32/h4-12,19,35-36H,3,13-18H2,1-2H3,(H,39,40)/b24-4+. The molecule has 1 amide bonds. The maximum Gasteiger partial charge on any atom is 0.303 e. The number of hydrogen-bond donors (Lipinski definition) is 3. The zero-order valence-corrected chi connectivity index (χ0v) is 25.1. The number of aryl methyl sites for hydroxylation is 1. The molecule has 0 atom stereocenters. The molecule has 0 spiro atoms. The summed E-state index contributed by atoms with van der Waals surface area (Å²) in [4.78, 5) is 43.3. The fourth-order valence-corrected chi connectivity index (χ4v) is 6.12. The highest BCUT2D eigenvalue weighted by Crippen LogP contribution is 2.31. The van der Waals surface area contributed by atoms with Crippen molar-refractivity contribution < 1.29 is 14.7 Å². The summed E-state index contributed by atoms with van der Waals surface area (Å²) < 4.78 is 1.87. The molecule has 4 aromatic rings. The van der Waals surface area contributed by atoms with Crippen molar-refractivity contribution in [1.29, 1.82) is 0 Å². The van der Waals surface area contributed by atoms with Gasteiger partial charge in [0.1, 0.15) is 0 Å². The van der Waals surface area contributed by atoms with Crippen LogP contribution in [0.2, 0.25) is 5.02 Å². The van der Waals surface area contributed by atoms with Crippen LogP contribution < -0.4 is 16.1 Å². The molecule has 0 aliphatic rings. The molecule has 0 unspecified atom stereocenters. The van der Waals surface area contributed by atoms with Crippen LogP contribution in [-0.4, -0.2) is 54.8 Å². The van der Waals surface area contributed by atoms with E-state index >= 15 is 0 Å². The van der Waals surface area contributed by atoms with Crippen LogP contribution in [0.25, 0.3) is 25.9 Å². The van der Waals surface area contributed by atoms with Crippen LogP contribution >= 0.6 is 22.9 Å². The minimum absolute atomic E-state index is 0.0291. The van der Waals surface area contributed by atoms with Crippen LogP contribution in [0.15, 0.2) is 70.5 Å². The molecule has 0 saturated carbocycles. The molecule has 1 heterocycles. The van der Waals surface area contributed by atoms with Crippen LogP contribution in [0, 0.1) is 6.92 Å². The number of hydrogen-bond acceptors (Lipinski definition) is 7. The number of carboxylic acids is 1. The zero-order chi connectivity index (χ0) is 30.2. The van der Waals surface area contributed by atoms with Gasteiger partial charge in [-0.1, -0.05) is 35.9 Å². The number of fused-ring (bicyclic) bond motifs is 2. The first kappa shape index (κ1) is 30.7. The summed E-state index contributed by atoms with van der Waals surface area (Å²) >= 11 is 7.69. The summed E-state index contributed by atoms with van der Waals surface area (Å²) in [5.74, 6) is -1.28. The van der Waals surface area contributed by atoms with Gasteiger partial charge in [0.25, 0.3) is 0 Å². The number of aliphatic carboxylic acids is 1. The van der Waals surface area contributed by atoms with E-state index in [1.165, 1.54) is 0 Å². The first-order valence-corrected chi connectivity index (χ1v) is 14.8. The summed E-state index contributed by atoms with van der Waals surface area (Å²) in [5, 5.41) is 17.7. The SMILES string of the molecule is C=Nc1cc(Cl)ccc1/C(=C\C)NCCN(CCNc1ccc(C)c2sc3ccccc3c(=O)c12)C(=O)CCC(=O)O. The van der Waals surface area contributed by atoms with Gasteiger partial charge in [0, 0.05) is 69.4 Å². The minimum atomic E-state index is -1.02. The van der Waals surface area contributed by atoms with Gasteiger partial charge in [0.15, 0.2) is 5.43 Å². The Morgan fingerprint density at radius 1 is 1.10 bits per heavy atom. The maximum atomic E-state index is 13.4. The molecule has 0 fully saturated rings. The molecule has 3 N–H and O–H groups in total. The Kier molecular flexibility index (Phi) is 10.3. The number of benzene rings is 3. The van der Waals surface area contributed by atoms with Crippen LogP contribution in [0.4, 0.5) is 11.4 Å². The van der Waals surface area contributed by atoms with Crippen molar-refractivity contribution in [2.24, 2.45) is 4.99 Å². The number of carbonyl (C=O) groups excluding carboxylic acids is 1. The second kappa shape index (κ2) is 14.1. The molecular weight excluding hydrogens is 572 g/mol. The average molecular weight is 605 g/mol. The van der Waals surface area contributed by atoms with Gasteiger partial charge in [-0.05, 0) is 62.5 Å². The van der Waals surface area contributed by atoms with Gasteiger partial charge in [0.2, 0.25) is 5.91 Å². The third kappa shape index (κ3) is 7.16. The number of rotatable bonds is 13. The molecule has 0 aliphatic carbocycles. The summed E-state index contributed by atoms with van der Waals surface area (Å²) in [6.45, 7) is 8.98. The van der Waals surface area contributed by atoms with Crippen molar-refractivity contribution >= 4 is 78.8 Å². The maximum absolute atomic E-state index is 13.4. The Labute approximate surface area is 253 Å². The Bertz CT molecular complexity index is 1730. The lowest BCUT2D eigenvalue weighted by Gasteiger charge is -2.24. The lowest BCUT2D eigenvalue weighted by atomic mass is 10.1. The molecule has 8 nitrogen and oxygen atoms in total. The predicted octanol–water partition coefficient (Wildman–Crippen LogP) is 6.46. The third-order valence-corrected chi connectivity index (χ3v) is 8.48. The van der Waals surface area contributed by atoms with Crippen molar-refractivity contribution in [3.8, 4) is 0 Å². The van der Waals surface area contributed by atoms with E-state index in [0.29, 0.717) is 53.3 Å². The number of carboxylic acid groups (broad SMARTS) is 1. The van der Waals surface area contributed by atoms with Crippen LogP contribution in [0.3, 0.4) is 0 Å². The molecule has 0 aliphatic heterocycles. The van der Waals surface area contributed by atoms with E-state index in [1.807, 2.05) is 62.4 Å². The number of anilines is 1. The summed E-state index contributed by atoms with van der Waals surface area (Å²) in [5.41, 5.74) is 3.98. The van der Waals surface area contributed by atoms with Crippen LogP contribution in [0.5, 0.6) is 0 Å². The van der Waals surface area contributed by atoms with E-state index in [0.717, 1.165) is 26.2 Å². The summed E-state index contributed by atoms with van der Waals surface area (Å²) in [6.07, 6.45) is 1.56. The van der Waals surface area contributed by atoms with Gasteiger partial charge in [-0.2, -0.15) is 0 Å². The van der Waals surface area contributed by atoms with Crippen LogP contribution in [0.1, 0.15) is 30.9 Å². The van der Waals surface area contributed by atoms with Gasteiger partial charge >= 0.3 is 5.97 Å². The number of aliphatic imine (C=N–C) groups is 1. The van der Waals surface area contributed by atoms with Crippen LogP contribution in [-0.2, 0) is 9.59 Å². The molecule has 0 bridgehead atoms. The number of amides is 1. The Balaban J connectivity index is 1.49. The summed E-state index contributed by atoms with van der Waals surface area (Å²) in [7, 11) is 0. The number of carbonyl (C=O) groups is 2. The van der Waals surface area contributed by atoms with Gasteiger partial charge in [-0.25, -0.2) is 0 Å². The average Bonchev–Trinajstić information content (AvgIpc) is 2.98. The molecule has 0 radical (unpaired) electrons. The Hall–Kier alpha value is -4.21. The van der Waals surface area contributed by atoms with Gasteiger partial charge in [-0.3, -0.25) is 19.4 Å². The van der Waals surface area contributed by atoms with Crippen molar-refractivity contribution in [3.05, 3.63) is 87.0 Å². The second-order valence-corrected chi connectivity index (χ2v) is 11.2. The van der Waals surface area contributed by atoms with E-state index in [1.54, 1.807) is 28.4 Å². The Morgan fingerprint density at radius 3 is 2.60 bits per heavy atom. The molecule has 1 aromatic heterocycles. The highest BCUT2D eigenvalue weighted by atomic mass is 35.5. The van der Waals surface area contributed by atoms with E-state index in [9.17, 15) is 14.4 Å². The number of halogens is 1. The Morgan fingerprint density at radius 2 is 1.86 bits per heavy atom. The minimum Gasteiger partial charge on any atom is -0.481 e. The monoisotopic (exact) mass is 604 g/mol. The fraction of sp³-hybridized carbons (Fsp3) is 0.250. The number of nitrogens with one attached hydrogen (secondary N) is 2. The molecule has 4 rings (SSSR count). The molecule has 0 saturated heterocycles. The van der Waals surface area contributed by atoms with Gasteiger partial charge in [0.05, 0.1) is 17.5 Å². The lowest BCUT2D eigenvalue weighted by molar-refractivity contribution is -0.140. The normalized spacial score (nSPS) is 11.5. The van der Waals surface area contributed by atoms with E-state index < -0.39 is 5.97 Å². The smallest absolute Gasteiger partial charge is 0.303 e. The predicted molar refractivity (Wildman–Crippen MR) is 175 cm³/mol. The molecule has 42 heavy (non-hydrogen) atoms. The highest BCUT2D eigenvalue weighted by molar-refractivity contribution is 7.24. The van der Waals surface area contributed by atoms with Crippen molar-refractivity contribution in [1.82, 2.24) is 10.2 Å². The first-order chi connectivity index (χ1) is 20.2. The second-order valence-electron chi connectivity index (χ2n) is 9.71. The zero-order valence-electron chi connectivity index (χ0n) is 23.6. The van der Waals surface area contributed by atoms with E-state index in [4.69, 9.17) is 16.7 Å². The molecule has 10 heteroatoms. The molecular formula is C32H33ClN4O4S. The summed E-state index contributed by atoms with van der Waals surface area (Å²) in [6, 6.07) is 16.8. The van der Waals surface area contributed by atoms with Gasteiger partial charge < -0.3 is 20.6 Å². The third-order valence-electron chi connectivity index (χ3n) is 6.93. The quantitative estimate of drug-likeness (QED) is 0.119. The van der Waals surface area contributed by atoms with Crippen molar-refractivity contribution in [2.75, 3.05) is 31.5 Å². The first-order valence-electron chi connectivity index (χ1n) is 13.6.